The summed E-state index contributed by atoms with van der Waals surface area (Å²) in [7, 11) is 2.11. The smallest absolute Gasteiger partial charge is 0.270 e. The second-order valence-corrected chi connectivity index (χ2v) is 5.25. The number of rotatable bonds is 4. The SMILES string of the molecule is CN1CCCC(CNc2ccc([N+](=O)[O-])cc2C#N)C1. The van der Waals surface area contributed by atoms with Crippen LogP contribution in [0.15, 0.2) is 18.2 Å². The van der Waals surface area contributed by atoms with E-state index in [4.69, 9.17) is 5.26 Å². The van der Waals surface area contributed by atoms with Crippen molar-refractivity contribution >= 4 is 11.4 Å². The van der Waals surface area contributed by atoms with Crippen LogP contribution in [-0.2, 0) is 0 Å². The lowest BCUT2D eigenvalue weighted by atomic mass is 9.98. The van der Waals surface area contributed by atoms with Gasteiger partial charge in [0, 0.05) is 25.2 Å². The molecule has 1 heterocycles. The molecule has 0 saturated carbocycles. The van der Waals surface area contributed by atoms with Crippen molar-refractivity contribution in [3.8, 4) is 6.07 Å². The van der Waals surface area contributed by atoms with E-state index in [1.165, 1.54) is 25.0 Å². The molecule has 1 aromatic carbocycles. The van der Waals surface area contributed by atoms with Crippen molar-refractivity contribution in [3.63, 3.8) is 0 Å². The van der Waals surface area contributed by atoms with Gasteiger partial charge >= 0.3 is 0 Å². The number of hydrogen-bond acceptors (Lipinski definition) is 5. The van der Waals surface area contributed by atoms with Gasteiger partial charge in [-0.2, -0.15) is 5.26 Å². The molecule has 6 heteroatoms. The van der Waals surface area contributed by atoms with E-state index < -0.39 is 4.92 Å². The first kappa shape index (κ1) is 14.3. The van der Waals surface area contributed by atoms with Gasteiger partial charge in [0.15, 0.2) is 0 Å². The van der Waals surface area contributed by atoms with E-state index in [1.54, 1.807) is 6.07 Å². The summed E-state index contributed by atoms with van der Waals surface area (Å²) in [6.07, 6.45) is 2.36. The van der Waals surface area contributed by atoms with Gasteiger partial charge in [-0.25, -0.2) is 0 Å². The van der Waals surface area contributed by atoms with E-state index >= 15 is 0 Å². The maximum atomic E-state index is 10.7. The number of hydrogen-bond donors (Lipinski definition) is 1. The molecule has 1 aliphatic rings. The zero-order valence-corrected chi connectivity index (χ0v) is 11.5. The first-order chi connectivity index (χ1) is 9.60. The molecule has 0 spiro atoms. The van der Waals surface area contributed by atoms with Gasteiger partial charge in [-0.3, -0.25) is 10.1 Å². The van der Waals surface area contributed by atoms with Gasteiger partial charge < -0.3 is 10.2 Å². The molecule has 0 amide bonds. The second-order valence-electron chi connectivity index (χ2n) is 5.25. The predicted molar refractivity (Wildman–Crippen MR) is 76.5 cm³/mol. The van der Waals surface area contributed by atoms with Crippen LogP contribution in [0.3, 0.4) is 0 Å². The summed E-state index contributed by atoms with van der Waals surface area (Å²) < 4.78 is 0. The van der Waals surface area contributed by atoms with Crippen LogP contribution in [0, 0.1) is 27.4 Å². The molecule has 1 aromatic rings. The third-order valence-corrected chi connectivity index (χ3v) is 3.64. The average molecular weight is 274 g/mol. The highest BCUT2D eigenvalue weighted by atomic mass is 16.6. The van der Waals surface area contributed by atoms with E-state index in [0.29, 0.717) is 17.2 Å². The average Bonchev–Trinajstić information content (AvgIpc) is 2.45. The van der Waals surface area contributed by atoms with E-state index in [0.717, 1.165) is 19.6 Å². The fourth-order valence-electron chi connectivity index (χ4n) is 2.59. The molecule has 1 saturated heterocycles. The largest absolute Gasteiger partial charge is 0.384 e. The van der Waals surface area contributed by atoms with Gasteiger partial charge in [0.1, 0.15) is 6.07 Å². The second kappa shape index (κ2) is 6.35. The highest BCUT2D eigenvalue weighted by Crippen LogP contribution is 2.23. The topological polar surface area (TPSA) is 82.2 Å². The predicted octanol–water partition coefficient (Wildman–Crippen LogP) is 2.22. The van der Waals surface area contributed by atoms with Crippen molar-refractivity contribution < 1.29 is 4.92 Å². The Morgan fingerprint density at radius 1 is 1.60 bits per heavy atom. The first-order valence-electron chi connectivity index (χ1n) is 6.71. The molecule has 6 nitrogen and oxygen atoms in total. The molecule has 20 heavy (non-hydrogen) atoms. The Bertz CT molecular complexity index is 538. The van der Waals surface area contributed by atoms with Gasteiger partial charge in [0.25, 0.3) is 5.69 Å². The fourth-order valence-corrected chi connectivity index (χ4v) is 2.59. The van der Waals surface area contributed by atoms with Gasteiger partial charge in [0.2, 0.25) is 0 Å². The van der Waals surface area contributed by atoms with Crippen LogP contribution < -0.4 is 5.32 Å². The number of nitrogens with zero attached hydrogens (tertiary/aromatic N) is 3. The van der Waals surface area contributed by atoms with Crippen LogP contribution in [0.25, 0.3) is 0 Å². The normalized spacial score (nSPS) is 19.3. The number of nitrogens with one attached hydrogen (secondary N) is 1. The van der Waals surface area contributed by atoms with Crippen LogP contribution in [0.5, 0.6) is 0 Å². The Labute approximate surface area is 118 Å². The summed E-state index contributed by atoms with van der Waals surface area (Å²) in [6.45, 7) is 2.97. The Hall–Kier alpha value is -2.13. The molecule has 1 atom stereocenters. The number of nitro groups is 1. The lowest BCUT2D eigenvalue weighted by molar-refractivity contribution is -0.384. The number of likely N-dealkylation sites (tertiary alicyclic amines) is 1. The highest BCUT2D eigenvalue weighted by molar-refractivity contribution is 5.61. The van der Waals surface area contributed by atoms with Gasteiger partial charge in [-0.05, 0) is 38.4 Å². The lowest BCUT2D eigenvalue weighted by Gasteiger charge is -2.30. The number of non-ortho nitro benzene ring substituents is 1. The monoisotopic (exact) mass is 274 g/mol. The van der Waals surface area contributed by atoms with E-state index in [1.807, 2.05) is 6.07 Å². The van der Waals surface area contributed by atoms with Crippen molar-refractivity contribution in [1.29, 1.82) is 5.26 Å². The quantitative estimate of drug-likeness (QED) is 0.672. The third kappa shape index (κ3) is 3.45. The first-order valence-corrected chi connectivity index (χ1v) is 6.71. The standard InChI is InChI=1S/C14H18N4O2/c1-17-6-2-3-11(10-17)9-16-14-5-4-13(18(19)20)7-12(14)8-15/h4-5,7,11,16H,2-3,6,9-10H2,1H3. The van der Waals surface area contributed by atoms with Crippen molar-refractivity contribution in [2.24, 2.45) is 5.92 Å². The van der Waals surface area contributed by atoms with E-state index in [-0.39, 0.29) is 5.69 Å². The minimum atomic E-state index is -0.485. The molecule has 1 aliphatic heterocycles. The molecular weight excluding hydrogens is 256 g/mol. The van der Waals surface area contributed by atoms with Crippen LogP contribution >= 0.6 is 0 Å². The zero-order chi connectivity index (χ0) is 14.5. The molecule has 0 radical (unpaired) electrons. The van der Waals surface area contributed by atoms with Crippen LogP contribution in [0.2, 0.25) is 0 Å². The van der Waals surface area contributed by atoms with Gasteiger partial charge in [0.05, 0.1) is 16.2 Å². The maximum absolute atomic E-state index is 10.7. The fraction of sp³-hybridized carbons (Fsp3) is 0.500. The van der Waals surface area contributed by atoms with Crippen molar-refractivity contribution in [2.75, 3.05) is 32.0 Å². The number of piperidine rings is 1. The number of benzene rings is 1. The summed E-state index contributed by atoms with van der Waals surface area (Å²) in [5.41, 5.74) is 0.944. The Morgan fingerprint density at radius 2 is 2.40 bits per heavy atom. The summed E-state index contributed by atoms with van der Waals surface area (Å²) >= 11 is 0. The van der Waals surface area contributed by atoms with Crippen LogP contribution in [0.1, 0.15) is 18.4 Å². The highest BCUT2D eigenvalue weighted by Gasteiger charge is 2.17. The Kier molecular flexibility index (Phi) is 4.53. The van der Waals surface area contributed by atoms with Crippen molar-refractivity contribution in [3.05, 3.63) is 33.9 Å². The Morgan fingerprint density at radius 3 is 3.05 bits per heavy atom. The molecule has 1 fully saturated rings. The van der Waals surface area contributed by atoms with Crippen molar-refractivity contribution in [1.82, 2.24) is 4.90 Å². The number of anilines is 1. The summed E-state index contributed by atoms with van der Waals surface area (Å²) in [5, 5.41) is 23.0. The molecule has 1 unspecified atom stereocenters. The van der Waals surface area contributed by atoms with Crippen LogP contribution in [0.4, 0.5) is 11.4 Å². The zero-order valence-electron chi connectivity index (χ0n) is 11.5. The van der Waals surface area contributed by atoms with E-state index in [9.17, 15) is 10.1 Å². The van der Waals surface area contributed by atoms with Gasteiger partial charge in [-0.15, -0.1) is 0 Å². The molecule has 0 bridgehead atoms. The summed E-state index contributed by atoms with van der Waals surface area (Å²) in [6, 6.07) is 6.37. The molecule has 0 aromatic heterocycles. The van der Waals surface area contributed by atoms with Gasteiger partial charge in [-0.1, -0.05) is 0 Å². The third-order valence-electron chi connectivity index (χ3n) is 3.64. The summed E-state index contributed by atoms with van der Waals surface area (Å²) in [5.74, 6) is 0.551. The molecular formula is C14H18N4O2. The van der Waals surface area contributed by atoms with E-state index in [2.05, 4.69) is 17.3 Å². The molecule has 2 rings (SSSR count). The minimum absolute atomic E-state index is 0.0514. The minimum Gasteiger partial charge on any atom is -0.384 e. The van der Waals surface area contributed by atoms with Crippen molar-refractivity contribution in [2.45, 2.75) is 12.8 Å². The molecule has 106 valence electrons. The molecule has 1 N–H and O–H groups in total. The molecule has 0 aliphatic carbocycles. The summed E-state index contributed by atoms with van der Waals surface area (Å²) in [4.78, 5) is 12.5. The van der Waals surface area contributed by atoms with Crippen LogP contribution in [-0.4, -0.2) is 36.5 Å². The lowest BCUT2D eigenvalue weighted by Crippen LogP contribution is -2.35. The maximum Gasteiger partial charge on any atom is 0.270 e. The number of nitriles is 1. The Balaban J connectivity index is 2.02. The number of nitro benzene ring substituents is 1.